The van der Waals surface area contributed by atoms with Crippen LogP contribution in [0.25, 0.3) is 17.2 Å². The number of rotatable bonds is 6. The summed E-state index contributed by atoms with van der Waals surface area (Å²) in [5, 5.41) is 0.696. The van der Waals surface area contributed by atoms with E-state index in [0.29, 0.717) is 17.5 Å². The van der Waals surface area contributed by atoms with Crippen molar-refractivity contribution in [2.24, 2.45) is 4.99 Å². The summed E-state index contributed by atoms with van der Waals surface area (Å²) in [5.74, 6) is 0.567. The highest BCUT2D eigenvalue weighted by Crippen LogP contribution is 2.24. The summed E-state index contributed by atoms with van der Waals surface area (Å²) < 4.78 is 11.2. The van der Waals surface area contributed by atoms with Crippen LogP contribution in [0.3, 0.4) is 0 Å². The number of esters is 1. The van der Waals surface area contributed by atoms with Gasteiger partial charge in [-0.25, -0.2) is 9.79 Å². The summed E-state index contributed by atoms with van der Waals surface area (Å²) in [6.45, 7) is 0.445. The number of cyclic esters (lactones) is 1. The normalized spacial score (nSPS) is 14.1. The fourth-order valence-corrected chi connectivity index (χ4v) is 3.66. The third-order valence-corrected chi connectivity index (χ3v) is 5.61. The first-order chi connectivity index (χ1) is 16.6. The number of ether oxygens (including phenoxy) is 2. The van der Waals surface area contributed by atoms with Crippen LogP contribution in [0.2, 0.25) is 5.02 Å². The van der Waals surface area contributed by atoms with Crippen molar-refractivity contribution in [2.45, 2.75) is 6.61 Å². The Hall–Kier alpha value is -4.15. The summed E-state index contributed by atoms with van der Waals surface area (Å²) in [6.07, 6.45) is 1.71. The smallest absolute Gasteiger partial charge is 0.363 e. The molecule has 1 aliphatic heterocycles. The van der Waals surface area contributed by atoms with Crippen LogP contribution < -0.4 is 4.74 Å². The Morgan fingerprint density at radius 1 is 0.765 bits per heavy atom. The Bertz CT molecular complexity index is 1360. The standard InChI is InChI=1S/C29H20ClNO3/c30-25-14-6-21(7-15-25)19-33-26-16-8-20(9-17-26)18-27-29(32)34-28(31-27)24-12-10-23(11-13-24)22-4-2-1-3-5-22/h1-18H,19H2/b27-18-. The van der Waals surface area contributed by atoms with Crippen molar-refractivity contribution in [2.75, 3.05) is 0 Å². The molecule has 5 rings (SSSR count). The van der Waals surface area contributed by atoms with Gasteiger partial charge in [0.15, 0.2) is 5.70 Å². The van der Waals surface area contributed by atoms with Crippen LogP contribution in [-0.4, -0.2) is 11.9 Å². The summed E-state index contributed by atoms with van der Waals surface area (Å²) >= 11 is 5.91. The van der Waals surface area contributed by atoms with E-state index in [-0.39, 0.29) is 5.70 Å². The predicted octanol–water partition coefficient (Wildman–Crippen LogP) is 6.93. The maximum atomic E-state index is 12.4. The highest BCUT2D eigenvalue weighted by molar-refractivity contribution is 6.30. The van der Waals surface area contributed by atoms with Crippen molar-refractivity contribution in [1.29, 1.82) is 0 Å². The average Bonchev–Trinajstić information content (AvgIpc) is 3.25. The van der Waals surface area contributed by atoms with E-state index < -0.39 is 5.97 Å². The van der Waals surface area contributed by atoms with Gasteiger partial charge in [0.05, 0.1) is 0 Å². The molecule has 34 heavy (non-hydrogen) atoms. The van der Waals surface area contributed by atoms with Gasteiger partial charge >= 0.3 is 5.97 Å². The molecule has 1 aliphatic rings. The van der Waals surface area contributed by atoms with E-state index >= 15 is 0 Å². The molecule has 0 saturated heterocycles. The zero-order chi connectivity index (χ0) is 23.3. The molecule has 0 amide bonds. The lowest BCUT2D eigenvalue weighted by Crippen LogP contribution is -2.05. The summed E-state index contributed by atoms with van der Waals surface area (Å²) in [4.78, 5) is 16.8. The maximum absolute atomic E-state index is 12.4. The Morgan fingerprint density at radius 3 is 2.12 bits per heavy atom. The fraction of sp³-hybridized carbons (Fsp3) is 0.0345. The van der Waals surface area contributed by atoms with Crippen LogP contribution in [0.15, 0.2) is 114 Å². The number of hydrogen-bond donors (Lipinski definition) is 0. The average molecular weight is 466 g/mol. The first-order valence-electron chi connectivity index (χ1n) is 10.8. The van der Waals surface area contributed by atoms with Gasteiger partial charge in [-0.05, 0) is 64.7 Å². The van der Waals surface area contributed by atoms with E-state index in [1.54, 1.807) is 6.08 Å². The molecule has 5 heteroatoms. The molecular formula is C29H20ClNO3. The van der Waals surface area contributed by atoms with Crippen molar-refractivity contribution in [1.82, 2.24) is 0 Å². The molecule has 0 radical (unpaired) electrons. The van der Waals surface area contributed by atoms with Gasteiger partial charge in [-0.15, -0.1) is 0 Å². The van der Waals surface area contributed by atoms with Crippen molar-refractivity contribution < 1.29 is 14.3 Å². The highest BCUT2D eigenvalue weighted by atomic mass is 35.5. The van der Waals surface area contributed by atoms with Crippen molar-refractivity contribution in [3.05, 3.63) is 131 Å². The second-order valence-corrected chi connectivity index (χ2v) is 8.20. The summed E-state index contributed by atoms with van der Waals surface area (Å²) in [6, 6.07) is 32.9. The lowest BCUT2D eigenvalue weighted by atomic mass is 10.0. The van der Waals surface area contributed by atoms with Crippen molar-refractivity contribution >= 4 is 29.5 Å². The zero-order valence-electron chi connectivity index (χ0n) is 18.1. The number of carbonyl (C=O) groups is 1. The largest absolute Gasteiger partial charge is 0.489 e. The number of benzene rings is 4. The highest BCUT2D eigenvalue weighted by Gasteiger charge is 2.24. The third-order valence-electron chi connectivity index (χ3n) is 5.36. The Morgan fingerprint density at radius 2 is 1.41 bits per heavy atom. The number of nitrogens with zero attached hydrogens (tertiary/aromatic N) is 1. The van der Waals surface area contributed by atoms with E-state index in [9.17, 15) is 4.79 Å². The van der Waals surface area contributed by atoms with Gasteiger partial charge in [-0.1, -0.05) is 78.3 Å². The molecule has 4 aromatic carbocycles. The third kappa shape index (κ3) is 5.08. The van der Waals surface area contributed by atoms with Crippen LogP contribution in [0.4, 0.5) is 0 Å². The van der Waals surface area contributed by atoms with Crippen LogP contribution in [0.1, 0.15) is 16.7 Å². The van der Waals surface area contributed by atoms with E-state index in [1.165, 1.54) is 0 Å². The van der Waals surface area contributed by atoms with E-state index in [2.05, 4.69) is 17.1 Å². The van der Waals surface area contributed by atoms with E-state index in [0.717, 1.165) is 33.6 Å². The van der Waals surface area contributed by atoms with Gasteiger partial charge < -0.3 is 9.47 Å². The van der Waals surface area contributed by atoms with Gasteiger partial charge in [0.25, 0.3) is 0 Å². The van der Waals surface area contributed by atoms with Gasteiger partial charge in [0.2, 0.25) is 5.90 Å². The maximum Gasteiger partial charge on any atom is 0.363 e. The first kappa shape index (κ1) is 21.7. The molecule has 4 aromatic rings. The second kappa shape index (κ2) is 9.77. The first-order valence-corrected chi connectivity index (χ1v) is 11.2. The molecule has 0 atom stereocenters. The van der Waals surface area contributed by atoms with Crippen molar-refractivity contribution in [3.8, 4) is 16.9 Å². The molecule has 1 heterocycles. The molecular weight excluding hydrogens is 446 g/mol. The molecule has 0 N–H and O–H groups in total. The summed E-state index contributed by atoms with van der Waals surface area (Å²) in [7, 11) is 0. The van der Waals surface area contributed by atoms with E-state index in [4.69, 9.17) is 21.1 Å². The molecule has 0 bridgehead atoms. The topological polar surface area (TPSA) is 47.9 Å². The minimum atomic E-state index is -0.467. The minimum absolute atomic E-state index is 0.261. The molecule has 0 aliphatic carbocycles. The lowest BCUT2D eigenvalue weighted by molar-refractivity contribution is -0.129. The second-order valence-electron chi connectivity index (χ2n) is 7.76. The van der Waals surface area contributed by atoms with Crippen molar-refractivity contribution in [3.63, 3.8) is 0 Å². The van der Waals surface area contributed by atoms with Gasteiger partial charge in [0.1, 0.15) is 12.4 Å². The monoisotopic (exact) mass is 465 g/mol. The molecule has 0 unspecified atom stereocenters. The SMILES string of the molecule is O=C1OC(c2ccc(-c3ccccc3)cc2)=N/C1=C\c1ccc(OCc2ccc(Cl)cc2)cc1. The van der Waals surface area contributed by atoms with E-state index in [1.807, 2.05) is 91.0 Å². The van der Waals surface area contributed by atoms with Crippen LogP contribution in [-0.2, 0) is 16.1 Å². The number of halogens is 1. The lowest BCUT2D eigenvalue weighted by Gasteiger charge is -2.06. The number of aliphatic imine (C=N–C) groups is 1. The van der Waals surface area contributed by atoms with Crippen LogP contribution >= 0.6 is 11.6 Å². The Balaban J connectivity index is 1.26. The molecule has 166 valence electrons. The minimum Gasteiger partial charge on any atom is -0.489 e. The van der Waals surface area contributed by atoms with Gasteiger partial charge in [-0.3, -0.25) is 0 Å². The van der Waals surface area contributed by atoms with Gasteiger partial charge in [0, 0.05) is 10.6 Å². The number of hydrogen-bond acceptors (Lipinski definition) is 4. The molecule has 0 fully saturated rings. The molecule has 0 saturated carbocycles. The summed E-state index contributed by atoms with van der Waals surface area (Å²) in [5.41, 5.74) is 5.08. The molecule has 0 spiro atoms. The van der Waals surface area contributed by atoms with Gasteiger partial charge in [-0.2, -0.15) is 0 Å². The number of carbonyl (C=O) groups excluding carboxylic acids is 1. The van der Waals surface area contributed by atoms with Crippen LogP contribution in [0, 0.1) is 0 Å². The molecule has 0 aromatic heterocycles. The quantitative estimate of drug-likeness (QED) is 0.229. The predicted molar refractivity (Wildman–Crippen MR) is 135 cm³/mol. The van der Waals surface area contributed by atoms with Crippen LogP contribution in [0.5, 0.6) is 5.75 Å². The Kier molecular flexibility index (Phi) is 6.23. The fourth-order valence-electron chi connectivity index (χ4n) is 3.53. The molecule has 4 nitrogen and oxygen atoms in total. The Labute approximate surface area is 202 Å². The zero-order valence-corrected chi connectivity index (χ0v) is 18.9.